The summed E-state index contributed by atoms with van der Waals surface area (Å²) in [5.41, 5.74) is 8.32. The third-order valence-corrected chi connectivity index (χ3v) is 3.66. The summed E-state index contributed by atoms with van der Waals surface area (Å²) in [7, 11) is 1.61. The lowest BCUT2D eigenvalue weighted by molar-refractivity contribution is 0.0160. The Morgan fingerprint density at radius 3 is 2.62 bits per heavy atom. The first kappa shape index (κ1) is 15.5. The lowest BCUT2D eigenvalue weighted by Crippen LogP contribution is -2.42. The topological polar surface area (TPSA) is 64.8 Å². The van der Waals surface area contributed by atoms with Crippen molar-refractivity contribution in [3.63, 3.8) is 0 Å². The number of nitrogens with two attached hydrogens (primary N) is 1. The molecular weight excluding hydrogens is 268 g/mol. The zero-order valence-electron chi connectivity index (χ0n) is 13.4. The number of nitrogens with zero attached hydrogens (tertiary/aromatic N) is 1. The molecule has 0 aliphatic carbocycles. The average molecular weight is 292 g/mol. The molecule has 1 unspecified atom stereocenters. The molecule has 0 spiro atoms. The van der Waals surface area contributed by atoms with Crippen molar-refractivity contribution in [2.75, 3.05) is 19.4 Å². The molecule has 1 amide bonds. The zero-order chi connectivity index (χ0) is 15.8. The maximum Gasteiger partial charge on any atom is 0.410 e. The van der Waals surface area contributed by atoms with E-state index in [4.69, 9.17) is 15.2 Å². The van der Waals surface area contributed by atoms with Crippen LogP contribution in [0.5, 0.6) is 5.75 Å². The second-order valence-corrected chi connectivity index (χ2v) is 6.39. The summed E-state index contributed by atoms with van der Waals surface area (Å²) in [6.45, 7) is 8.24. The van der Waals surface area contributed by atoms with Crippen molar-refractivity contribution >= 4 is 11.8 Å². The molecule has 5 heteroatoms. The van der Waals surface area contributed by atoms with Gasteiger partial charge in [0.2, 0.25) is 0 Å². The monoisotopic (exact) mass is 292 g/mol. The van der Waals surface area contributed by atoms with Gasteiger partial charge in [-0.05, 0) is 57.4 Å². The number of methoxy groups -OCH3 is 1. The van der Waals surface area contributed by atoms with E-state index in [0.717, 1.165) is 12.0 Å². The predicted octanol–water partition coefficient (Wildman–Crippen LogP) is 3.13. The highest BCUT2D eigenvalue weighted by Gasteiger charge is 2.31. The first-order valence-electron chi connectivity index (χ1n) is 7.19. The van der Waals surface area contributed by atoms with Crippen LogP contribution in [0.15, 0.2) is 12.1 Å². The van der Waals surface area contributed by atoms with Gasteiger partial charge < -0.3 is 20.1 Å². The van der Waals surface area contributed by atoms with Crippen LogP contribution in [0.3, 0.4) is 0 Å². The molecule has 1 aromatic rings. The van der Waals surface area contributed by atoms with E-state index in [1.807, 2.05) is 39.8 Å². The number of nitrogen functional groups attached to an aromatic ring is 1. The number of amides is 1. The van der Waals surface area contributed by atoms with Gasteiger partial charge in [0.15, 0.2) is 0 Å². The maximum atomic E-state index is 12.3. The second-order valence-electron chi connectivity index (χ2n) is 6.39. The maximum absolute atomic E-state index is 12.3. The first-order chi connectivity index (χ1) is 9.73. The van der Waals surface area contributed by atoms with E-state index in [1.165, 1.54) is 5.56 Å². The highest BCUT2D eigenvalue weighted by Crippen LogP contribution is 2.35. The van der Waals surface area contributed by atoms with Gasteiger partial charge in [0.1, 0.15) is 11.4 Å². The quantitative estimate of drug-likeness (QED) is 0.808. The van der Waals surface area contributed by atoms with Crippen molar-refractivity contribution in [1.29, 1.82) is 0 Å². The minimum absolute atomic E-state index is 0.0585. The lowest BCUT2D eigenvalue weighted by Gasteiger charge is -2.36. The number of carbonyl (C=O) groups is 1. The summed E-state index contributed by atoms with van der Waals surface area (Å²) in [5.74, 6) is 0.687. The molecule has 1 aliphatic rings. The summed E-state index contributed by atoms with van der Waals surface area (Å²) in [5, 5.41) is 0. The van der Waals surface area contributed by atoms with E-state index < -0.39 is 5.60 Å². The van der Waals surface area contributed by atoms with Crippen LogP contribution < -0.4 is 10.5 Å². The first-order valence-corrected chi connectivity index (χ1v) is 7.19. The number of carbonyl (C=O) groups excluding carboxylic acids is 1. The molecule has 1 aliphatic heterocycles. The number of hydrogen-bond acceptors (Lipinski definition) is 4. The highest BCUT2D eigenvalue weighted by atomic mass is 16.6. The Balaban J connectivity index is 2.26. The van der Waals surface area contributed by atoms with Gasteiger partial charge in [0.25, 0.3) is 0 Å². The number of hydrogen-bond donors (Lipinski definition) is 1. The van der Waals surface area contributed by atoms with Gasteiger partial charge in [-0.1, -0.05) is 0 Å². The second kappa shape index (κ2) is 5.47. The molecule has 0 radical (unpaired) electrons. The Labute approximate surface area is 126 Å². The molecule has 0 saturated carbocycles. The van der Waals surface area contributed by atoms with Gasteiger partial charge in [-0.15, -0.1) is 0 Å². The van der Waals surface area contributed by atoms with Gasteiger partial charge in [-0.3, -0.25) is 0 Å². The Morgan fingerprint density at radius 1 is 1.38 bits per heavy atom. The number of ether oxygens (including phenoxy) is 2. The Kier molecular flexibility index (Phi) is 4.03. The molecule has 0 bridgehead atoms. The molecular formula is C16H24N2O3. The van der Waals surface area contributed by atoms with Crippen molar-refractivity contribution in [3.05, 3.63) is 23.3 Å². The van der Waals surface area contributed by atoms with Crippen molar-refractivity contribution in [2.24, 2.45) is 0 Å². The largest absolute Gasteiger partial charge is 0.495 e. The predicted molar refractivity (Wildman–Crippen MR) is 82.5 cm³/mol. The molecule has 1 heterocycles. The van der Waals surface area contributed by atoms with Crippen LogP contribution in [0.1, 0.15) is 44.9 Å². The lowest BCUT2D eigenvalue weighted by atomic mass is 9.93. The normalized spacial score (nSPS) is 18.1. The van der Waals surface area contributed by atoms with Crippen LogP contribution in [-0.2, 0) is 11.2 Å². The van der Waals surface area contributed by atoms with Gasteiger partial charge in [-0.2, -0.15) is 0 Å². The molecule has 2 rings (SSSR count). The molecule has 2 N–H and O–H groups in total. The number of rotatable bonds is 1. The van der Waals surface area contributed by atoms with E-state index in [0.29, 0.717) is 18.0 Å². The molecule has 116 valence electrons. The Bertz CT molecular complexity index is 549. The number of fused-ring (bicyclic) bond motifs is 1. The SMILES string of the molecule is COc1cc2c(cc1N)C(C)N(C(=O)OC(C)(C)C)CC2. The molecule has 0 fully saturated rings. The van der Waals surface area contributed by atoms with E-state index in [2.05, 4.69) is 0 Å². The van der Waals surface area contributed by atoms with E-state index in [-0.39, 0.29) is 12.1 Å². The van der Waals surface area contributed by atoms with Gasteiger partial charge in [0.05, 0.1) is 18.8 Å². The van der Waals surface area contributed by atoms with Crippen LogP contribution in [0.25, 0.3) is 0 Å². The van der Waals surface area contributed by atoms with Gasteiger partial charge >= 0.3 is 6.09 Å². The standard InChI is InChI=1S/C16H24N2O3/c1-10-12-9-13(17)14(20-5)8-11(12)6-7-18(10)15(19)21-16(2,3)4/h8-10H,6-7,17H2,1-5H3. The highest BCUT2D eigenvalue weighted by molar-refractivity contribution is 5.70. The molecule has 0 aromatic heterocycles. The van der Waals surface area contributed by atoms with Crippen LogP contribution >= 0.6 is 0 Å². The van der Waals surface area contributed by atoms with Crippen molar-refractivity contribution in [1.82, 2.24) is 4.90 Å². The van der Waals surface area contributed by atoms with Crippen LogP contribution in [0, 0.1) is 0 Å². The van der Waals surface area contributed by atoms with Crippen molar-refractivity contribution in [2.45, 2.75) is 45.8 Å². The third-order valence-electron chi connectivity index (χ3n) is 3.66. The summed E-state index contributed by atoms with van der Waals surface area (Å²) in [6, 6.07) is 3.81. The van der Waals surface area contributed by atoms with Crippen LogP contribution in [0.2, 0.25) is 0 Å². The van der Waals surface area contributed by atoms with Crippen LogP contribution in [-0.4, -0.2) is 30.2 Å². The minimum Gasteiger partial charge on any atom is -0.495 e. The fourth-order valence-electron chi connectivity index (χ4n) is 2.61. The smallest absolute Gasteiger partial charge is 0.410 e. The van der Waals surface area contributed by atoms with Gasteiger partial charge in [0, 0.05) is 6.54 Å². The summed E-state index contributed by atoms with van der Waals surface area (Å²) in [6.07, 6.45) is 0.491. The van der Waals surface area contributed by atoms with Crippen molar-refractivity contribution in [3.8, 4) is 5.75 Å². The summed E-state index contributed by atoms with van der Waals surface area (Å²) < 4.78 is 10.7. The fraction of sp³-hybridized carbons (Fsp3) is 0.562. The van der Waals surface area contributed by atoms with Crippen LogP contribution in [0.4, 0.5) is 10.5 Å². The van der Waals surface area contributed by atoms with E-state index in [1.54, 1.807) is 12.0 Å². The number of benzene rings is 1. The Hall–Kier alpha value is -1.91. The van der Waals surface area contributed by atoms with Gasteiger partial charge in [-0.25, -0.2) is 4.79 Å². The molecule has 0 saturated heterocycles. The third kappa shape index (κ3) is 3.23. The molecule has 5 nitrogen and oxygen atoms in total. The Morgan fingerprint density at radius 2 is 2.05 bits per heavy atom. The minimum atomic E-state index is -0.490. The van der Waals surface area contributed by atoms with E-state index in [9.17, 15) is 4.79 Å². The summed E-state index contributed by atoms with van der Waals surface area (Å²) >= 11 is 0. The van der Waals surface area contributed by atoms with E-state index >= 15 is 0 Å². The fourth-order valence-corrected chi connectivity index (χ4v) is 2.61. The molecule has 1 aromatic carbocycles. The number of anilines is 1. The molecule has 21 heavy (non-hydrogen) atoms. The summed E-state index contributed by atoms with van der Waals surface area (Å²) in [4.78, 5) is 14.0. The average Bonchev–Trinajstić information content (AvgIpc) is 2.37. The molecule has 1 atom stereocenters. The zero-order valence-corrected chi connectivity index (χ0v) is 13.4. The van der Waals surface area contributed by atoms with Crippen molar-refractivity contribution < 1.29 is 14.3 Å².